The van der Waals surface area contributed by atoms with E-state index < -0.39 is 4.92 Å². The molecule has 0 radical (unpaired) electrons. The minimum absolute atomic E-state index is 0.0416. The highest BCUT2D eigenvalue weighted by molar-refractivity contribution is 5.50. The lowest BCUT2D eigenvalue weighted by molar-refractivity contribution is -0.385. The van der Waals surface area contributed by atoms with E-state index in [4.69, 9.17) is 23.7 Å². The van der Waals surface area contributed by atoms with Gasteiger partial charge in [0.25, 0.3) is 5.69 Å². The first-order valence-electron chi connectivity index (χ1n) is 14.4. The van der Waals surface area contributed by atoms with Crippen LogP contribution in [0.1, 0.15) is 86.1 Å². The summed E-state index contributed by atoms with van der Waals surface area (Å²) in [6, 6.07) is 11.0. The van der Waals surface area contributed by atoms with Crippen LogP contribution in [0.4, 0.5) is 5.69 Å². The fourth-order valence-electron chi connectivity index (χ4n) is 5.21. The lowest BCUT2D eigenvalue weighted by Gasteiger charge is -2.25. The van der Waals surface area contributed by atoms with Crippen LogP contribution in [-0.4, -0.2) is 24.2 Å². The van der Waals surface area contributed by atoms with Gasteiger partial charge in [0.1, 0.15) is 17.2 Å². The molecule has 4 rings (SSSR count). The number of nitrogens with zero attached hydrogens (tertiary/aromatic N) is 1. The second-order valence-electron chi connectivity index (χ2n) is 13.0. The quantitative estimate of drug-likeness (QED) is 0.248. The molecule has 1 aliphatic heterocycles. The molecule has 9 nitrogen and oxygen atoms in total. The van der Waals surface area contributed by atoms with Gasteiger partial charge >= 0.3 is 0 Å². The van der Waals surface area contributed by atoms with Crippen molar-refractivity contribution in [3.05, 3.63) is 91.0 Å². The third-order valence-electron chi connectivity index (χ3n) is 7.63. The molecule has 3 aromatic rings. The minimum Gasteiger partial charge on any atom is -0.507 e. The van der Waals surface area contributed by atoms with E-state index in [0.717, 1.165) is 33.4 Å². The monoisotopic (exact) mass is 593 g/mol. The fraction of sp³-hybridized carbons (Fsp3) is 0.471. The Morgan fingerprint density at radius 1 is 0.628 bits per heavy atom. The van der Waals surface area contributed by atoms with Crippen LogP contribution >= 0.6 is 0 Å². The van der Waals surface area contributed by atoms with Crippen LogP contribution in [0.25, 0.3) is 0 Å². The van der Waals surface area contributed by atoms with Crippen LogP contribution in [0.2, 0.25) is 0 Å². The number of rotatable bonds is 3. The van der Waals surface area contributed by atoms with Crippen LogP contribution in [-0.2, 0) is 64.7 Å². The van der Waals surface area contributed by atoms with E-state index in [1.54, 1.807) is 14.2 Å². The zero-order valence-corrected chi connectivity index (χ0v) is 26.5. The fourth-order valence-corrected chi connectivity index (χ4v) is 5.21. The first-order chi connectivity index (χ1) is 20.2. The number of hydrogen-bond donors (Lipinski definition) is 1. The van der Waals surface area contributed by atoms with Gasteiger partial charge in [-0.3, -0.25) is 10.1 Å². The Hall–Kier alpha value is -3.66. The Morgan fingerprint density at radius 2 is 0.930 bits per heavy atom. The molecule has 1 N–H and O–H groups in total. The molecule has 0 spiro atoms. The molecule has 0 amide bonds. The highest BCUT2D eigenvalue weighted by atomic mass is 16.6. The second kappa shape index (κ2) is 12.9. The van der Waals surface area contributed by atoms with Crippen LogP contribution in [0.3, 0.4) is 0 Å². The van der Waals surface area contributed by atoms with Gasteiger partial charge in [0, 0.05) is 45.5 Å². The molecule has 1 aliphatic rings. The van der Waals surface area contributed by atoms with Gasteiger partial charge in [-0.1, -0.05) is 41.5 Å². The molecular formula is C34H43NO8. The maximum Gasteiger partial charge on any atom is 0.270 e. The number of hydrogen-bond acceptors (Lipinski definition) is 8. The molecule has 6 bridgehead atoms. The second-order valence-corrected chi connectivity index (χ2v) is 13.0. The third-order valence-corrected chi connectivity index (χ3v) is 7.63. The lowest BCUT2D eigenvalue weighted by Crippen LogP contribution is -2.15. The van der Waals surface area contributed by atoms with Crippen LogP contribution < -0.4 is 9.47 Å². The van der Waals surface area contributed by atoms with Gasteiger partial charge in [-0.05, 0) is 46.2 Å². The number of fused-ring (bicyclic) bond motifs is 6. The number of phenolic OH excluding ortho intramolecular Hbond substituents is 1. The number of ether oxygens (including phenoxy) is 5. The predicted molar refractivity (Wildman–Crippen MR) is 164 cm³/mol. The van der Waals surface area contributed by atoms with E-state index in [1.165, 1.54) is 12.1 Å². The van der Waals surface area contributed by atoms with Crippen LogP contribution in [0.15, 0.2) is 36.4 Å². The molecule has 9 heteroatoms. The van der Waals surface area contributed by atoms with Crippen LogP contribution in [0.5, 0.6) is 17.2 Å². The molecule has 1 heterocycles. The number of methoxy groups -OCH3 is 2. The molecule has 0 fully saturated rings. The first kappa shape index (κ1) is 32.3. The molecule has 0 saturated heterocycles. The molecule has 0 aliphatic carbocycles. The van der Waals surface area contributed by atoms with Crippen molar-refractivity contribution in [3.8, 4) is 17.2 Å². The van der Waals surface area contributed by atoms with Gasteiger partial charge in [-0.15, -0.1) is 0 Å². The highest BCUT2D eigenvalue weighted by Gasteiger charge is 2.23. The Morgan fingerprint density at radius 3 is 1.19 bits per heavy atom. The molecule has 232 valence electrons. The molecule has 0 atom stereocenters. The Balaban J connectivity index is 1.86. The highest BCUT2D eigenvalue weighted by Crippen LogP contribution is 2.37. The Kier molecular flexibility index (Phi) is 9.69. The Bertz CT molecular complexity index is 1380. The van der Waals surface area contributed by atoms with E-state index in [-0.39, 0.29) is 48.7 Å². The van der Waals surface area contributed by atoms with Crippen LogP contribution in [0, 0.1) is 10.1 Å². The van der Waals surface area contributed by atoms with Gasteiger partial charge in [0.05, 0.1) is 58.8 Å². The number of nitro benzene ring substituents is 1. The predicted octanol–water partition coefficient (Wildman–Crippen LogP) is 7.38. The van der Waals surface area contributed by atoms with Crippen molar-refractivity contribution in [1.29, 1.82) is 0 Å². The average Bonchev–Trinajstić information content (AvgIpc) is 2.92. The molecule has 0 saturated carbocycles. The van der Waals surface area contributed by atoms with E-state index in [1.807, 2.05) is 0 Å². The molecule has 0 unspecified atom stereocenters. The average molecular weight is 594 g/mol. The topological polar surface area (TPSA) is 110 Å². The number of phenols is 1. The number of nitro groups is 1. The number of benzene rings is 3. The Labute approximate surface area is 253 Å². The maximum absolute atomic E-state index is 11.7. The summed E-state index contributed by atoms with van der Waals surface area (Å²) in [6.45, 7) is 13.7. The summed E-state index contributed by atoms with van der Waals surface area (Å²) < 4.78 is 30.1. The van der Waals surface area contributed by atoms with E-state index >= 15 is 0 Å². The first-order valence-corrected chi connectivity index (χ1v) is 14.4. The van der Waals surface area contributed by atoms with Crippen molar-refractivity contribution in [2.75, 3.05) is 14.2 Å². The van der Waals surface area contributed by atoms with Gasteiger partial charge in [-0.2, -0.15) is 0 Å². The summed E-state index contributed by atoms with van der Waals surface area (Å²) in [6.07, 6.45) is 0. The van der Waals surface area contributed by atoms with E-state index in [2.05, 4.69) is 65.8 Å². The summed E-state index contributed by atoms with van der Waals surface area (Å²) in [5.41, 5.74) is 5.73. The third kappa shape index (κ3) is 7.47. The normalized spacial score (nSPS) is 14.9. The standard InChI is InChI=1S/C34H43NO8/c1-33(2,3)27-9-23-17-41-15-21-13-29(35(37)38)14-22(30(21)36)16-42-18-24-10-28(34(4,5)6)12-26(32(24)40-8)20-43-19-25(11-27)31(23)39-7/h9-14,36H,15-20H2,1-8H3. The summed E-state index contributed by atoms with van der Waals surface area (Å²) in [5, 5.41) is 22.8. The van der Waals surface area contributed by atoms with Crippen molar-refractivity contribution in [1.82, 2.24) is 0 Å². The van der Waals surface area contributed by atoms with Crippen molar-refractivity contribution in [3.63, 3.8) is 0 Å². The van der Waals surface area contributed by atoms with Crippen molar-refractivity contribution in [2.45, 2.75) is 92.0 Å². The SMILES string of the molecule is COc1c2cc(C(C)(C)C)cc1COCc1cc(C(C)(C)C)cc(c1OC)COCc1cc([N+](=O)[O-])cc(c1O)COC2. The molecule has 0 aromatic heterocycles. The summed E-state index contributed by atoms with van der Waals surface area (Å²) in [4.78, 5) is 11.3. The maximum atomic E-state index is 11.7. The van der Waals surface area contributed by atoms with Gasteiger partial charge in [-0.25, -0.2) is 0 Å². The van der Waals surface area contributed by atoms with E-state index in [0.29, 0.717) is 35.8 Å². The molecule has 43 heavy (non-hydrogen) atoms. The molecular weight excluding hydrogens is 550 g/mol. The van der Waals surface area contributed by atoms with E-state index in [9.17, 15) is 15.2 Å². The summed E-state index contributed by atoms with van der Waals surface area (Å²) in [5.74, 6) is 1.22. The van der Waals surface area contributed by atoms with Crippen molar-refractivity contribution in [2.24, 2.45) is 0 Å². The lowest BCUT2D eigenvalue weighted by atomic mass is 9.84. The molecule has 3 aromatic carbocycles. The summed E-state index contributed by atoms with van der Waals surface area (Å²) >= 11 is 0. The zero-order valence-electron chi connectivity index (χ0n) is 26.5. The zero-order chi connectivity index (χ0) is 31.5. The number of aromatic hydroxyl groups is 1. The van der Waals surface area contributed by atoms with Gasteiger partial charge in [0.15, 0.2) is 0 Å². The minimum atomic E-state index is -0.483. The van der Waals surface area contributed by atoms with Crippen molar-refractivity contribution < 1.29 is 33.7 Å². The smallest absolute Gasteiger partial charge is 0.270 e. The van der Waals surface area contributed by atoms with Gasteiger partial charge < -0.3 is 28.8 Å². The number of non-ortho nitro benzene ring substituents is 1. The largest absolute Gasteiger partial charge is 0.507 e. The summed E-state index contributed by atoms with van der Waals surface area (Å²) in [7, 11) is 3.23. The van der Waals surface area contributed by atoms with Gasteiger partial charge in [0.2, 0.25) is 0 Å². The van der Waals surface area contributed by atoms with Crippen molar-refractivity contribution >= 4 is 5.69 Å².